The van der Waals surface area contributed by atoms with Crippen molar-refractivity contribution in [3.05, 3.63) is 64.0 Å². The van der Waals surface area contributed by atoms with Gasteiger partial charge in [-0.3, -0.25) is 0 Å². The predicted octanol–water partition coefficient (Wildman–Crippen LogP) is 3.39. The Hall–Kier alpha value is -1.68. The van der Waals surface area contributed by atoms with E-state index in [1.165, 1.54) is 11.1 Å². The molecule has 18 heavy (non-hydrogen) atoms. The van der Waals surface area contributed by atoms with Crippen LogP contribution in [0.15, 0.2) is 47.1 Å². The van der Waals surface area contributed by atoms with Gasteiger partial charge in [-0.1, -0.05) is 40.2 Å². The fraction of sp³-hybridized carbons (Fsp3) is 0.143. The molecule has 4 heteroatoms. The van der Waals surface area contributed by atoms with Crippen LogP contribution < -0.4 is 0 Å². The normalized spacial score (nSPS) is 11.0. The number of hydrogen-bond acceptors (Lipinski definition) is 2. The van der Waals surface area contributed by atoms with Crippen LogP contribution in [0.4, 0.5) is 0 Å². The number of rotatable bonds is 2. The number of halogens is 1. The molecule has 0 N–H and O–H groups in total. The minimum atomic E-state index is 0.738. The lowest BCUT2D eigenvalue weighted by Crippen LogP contribution is -1.93. The molecule has 2 heterocycles. The number of benzene rings is 1. The molecule has 3 nitrogen and oxygen atoms in total. The van der Waals surface area contributed by atoms with Gasteiger partial charge in [-0.15, -0.1) is 0 Å². The maximum atomic E-state index is 4.52. The molecule has 0 bridgehead atoms. The number of pyridine rings is 1. The maximum absolute atomic E-state index is 4.52. The zero-order valence-corrected chi connectivity index (χ0v) is 11.6. The largest absolute Gasteiger partial charge is 0.221 e. The van der Waals surface area contributed by atoms with Gasteiger partial charge < -0.3 is 0 Å². The van der Waals surface area contributed by atoms with Gasteiger partial charge in [-0.25, -0.2) is 9.50 Å². The third-order valence-corrected chi connectivity index (χ3v) is 3.60. The van der Waals surface area contributed by atoms with E-state index in [1.54, 1.807) is 0 Å². The average molecular weight is 302 g/mol. The molecule has 3 aromatic rings. The molecule has 3 rings (SSSR count). The van der Waals surface area contributed by atoms with Gasteiger partial charge in [0.15, 0.2) is 11.5 Å². The smallest absolute Gasteiger partial charge is 0.156 e. The first-order chi connectivity index (χ1) is 8.72. The second-order valence-electron chi connectivity index (χ2n) is 4.31. The van der Waals surface area contributed by atoms with E-state index in [9.17, 15) is 0 Å². The molecule has 0 spiro atoms. The molecule has 0 amide bonds. The van der Waals surface area contributed by atoms with Gasteiger partial charge in [-0.05, 0) is 30.2 Å². The lowest BCUT2D eigenvalue weighted by molar-refractivity contribution is 0.894. The first kappa shape index (κ1) is 11.4. The van der Waals surface area contributed by atoms with Crippen LogP contribution in [0.3, 0.4) is 0 Å². The Labute approximate surface area is 114 Å². The average Bonchev–Trinajstić information content (AvgIpc) is 2.73. The molecular weight excluding hydrogens is 290 g/mol. The van der Waals surface area contributed by atoms with Gasteiger partial charge in [0.2, 0.25) is 0 Å². The van der Waals surface area contributed by atoms with E-state index in [2.05, 4.69) is 39.0 Å². The van der Waals surface area contributed by atoms with E-state index in [4.69, 9.17) is 0 Å². The minimum absolute atomic E-state index is 0.738. The Kier molecular flexibility index (Phi) is 2.88. The van der Waals surface area contributed by atoms with Crippen LogP contribution in [-0.2, 0) is 6.42 Å². The Morgan fingerprint density at radius 2 is 2.00 bits per heavy atom. The molecule has 0 aliphatic rings. The summed E-state index contributed by atoms with van der Waals surface area (Å²) < 4.78 is 2.93. The van der Waals surface area contributed by atoms with E-state index >= 15 is 0 Å². The van der Waals surface area contributed by atoms with Crippen LogP contribution in [0.2, 0.25) is 0 Å². The number of hydrogen-bond donors (Lipinski definition) is 0. The predicted molar refractivity (Wildman–Crippen MR) is 74.7 cm³/mol. The Bertz CT molecular complexity index is 703. The van der Waals surface area contributed by atoms with Crippen molar-refractivity contribution in [2.24, 2.45) is 0 Å². The van der Waals surface area contributed by atoms with Crippen LogP contribution in [0.25, 0.3) is 5.65 Å². The SMILES string of the molecule is Cc1ccc2nc(Cc3ccccc3Br)nn2c1. The number of aromatic nitrogens is 3. The minimum Gasteiger partial charge on any atom is -0.221 e. The van der Waals surface area contributed by atoms with E-state index in [1.807, 2.05) is 41.0 Å². The molecule has 1 aromatic carbocycles. The molecule has 0 aliphatic heterocycles. The molecule has 90 valence electrons. The quantitative estimate of drug-likeness (QED) is 0.726. The third-order valence-electron chi connectivity index (χ3n) is 2.83. The first-order valence-electron chi connectivity index (χ1n) is 5.78. The summed E-state index contributed by atoms with van der Waals surface area (Å²) in [6.07, 6.45) is 2.73. The summed E-state index contributed by atoms with van der Waals surface area (Å²) in [5.74, 6) is 0.840. The van der Waals surface area contributed by atoms with E-state index in [0.29, 0.717) is 0 Å². The summed E-state index contributed by atoms with van der Waals surface area (Å²) in [5.41, 5.74) is 3.27. The molecule has 0 saturated heterocycles. The Morgan fingerprint density at radius 3 is 2.83 bits per heavy atom. The van der Waals surface area contributed by atoms with Gasteiger partial charge >= 0.3 is 0 Å². The van der Waals surface area contributed by atoms with Gasteiger partial charge in [0.05, 0.1) is 0 Å². The van der Waals surface area contributed by atoms with Gasteiger partial charge in [0.25, 0.3) is 0 Å². The second-order valence-corrected chi connectivity index (χ2v) is 5.16. The van der Waals surface area contributed by atoms with Gasteiger partial charge in [0.1, 0.15) is 0 Å². The molecule has 0 saturated carbocycles. The number of nitrogens with zero attached hydrogens (tertiary/aromatic N) is 3. The zero-order chi connectivity index (χ0) is 12.5. The van der Waals surface area contributed by atoms with Gasteiger partial charge in [-0.2, -0.15) is 5.10 Å². The number of fused-ring (bicyclic) bond motifs is 1. The second kappa shape index (κ2) is 4.53. The molecule has 0 aliphatic carbocycles. The van der Waals surface area contributed by atoms with Crippen molar-refractivity contribution in [3.63, 3.8) is 0 Å². The lowest BCUT2D eigenvalue weighted by atomic mass is 10.1. The standard InChI is InChI=1S/C14H12BrN3/c1-10-6-7-14-16-13(17-18(14)9-10)8-11-4-2-3-5-12(11)15/h2-7,9H,8H2,1H3. The third kappa shape index (κ3) is 2.16. The Balaban J connectivity index is 1.98. The highest BCUT2D eigenvalue weighted by Gasteiger charge is 2.06. The zero-order valence-electron chi connectivity index (χ0n) is 9.97. The molecule has 0 fully saturated rings. The van der Waals surface area contributed by atoms with Crippen LogP contribution >= 0.6 is 15.9 Å². The van der Waals surface area contributed by atoms with Crippen LogP contribution in [-0.4, -0.2) is 14.6 Å². The van der Waals surface area contributed by atoms with Crippen molar-refractivity contribution in [3.8, 4) is 0 Å². The molecular formula is C14H12BrN3. The van der Waals surface area contributed by atoms with Crippen molar-refractivity contribution in [2.45, 2.75) is 13.3 Å². The molecule has 0 atom stereocenters. The van der Waals surface area contributed by atoms with Crippen LogP contribution in [0.5, 0.6) is 0 Å². The highest BCUT2D eigenvalue weighted by molar-refractivity contribution is 9.10. The van der Waals surface area contributed by atoms with Crippen molar-refractivity contribution >= 4 is 21.6 Å². The summed E-state index contributed by atoms with van der Waals surface area (Å²) >= 11 is 3.55. The van der Waals surface area contributed by atoms with Crippen LogP contribution in [0.1, 0.15) is 17.0 Å². The summed E-state index contributed by atoms with van der Waals surface area (Å²) in [7, 11) is 0. The van der Waals surface area contributed by atoms with E-state index in [-0.39, 0.29) is 0 Å². The summed E-state index contributed by atoms with van der Waals surface area (Å²) in [6, 6.07) is 12.2. The summed E-state index contributed by atoms with van der Waals surface area (Å²) in [5, 5.41) is 4.49. The molecule has 2 aromatic heterocycles. The summed E-state index contributed by atoms with van der Waals surface area (Å²) in [6.45, 7) is 2.05. The van der Waals surface area contributed by atoms with E-state index < -0.39 is 0 Å². The van der Waals surface area contributed by atoms with Gasteiger partial charge in [0, 0.05) is 17.1 Å². The monoisotopic (exact) mass is 301 g/mol. The lowest BCUT2D eigenvalue weighted by Gasteiger charge is -1.99. The summed E-state index contributed by atoms with van der Waals surface area (Å²) in [4.78, 5) is 4.52. The Morgan fingerprint density at radius 1 is 1.17 bits per heavy atom. The van der Waals surface area contributed by atoms with Crippen molar-refractivity contribution in [1.29, 1.82) is 0 Å². The fourth-order valence-corrected chi connectivity index (χ4v) is 2.34. The highest BCUT2D eigenvalue weighted by atomic mass is 79.9. The first-order valence-corrected chi connectivity index (χ1v) is 6.57. The van der Waals surface area contributed by atoms with Crippen LogP contribution in [0, 0.1) is 6.92 Å². The van der Waals surface area contributed by atoms with Crippen molar-refractivity contribution in [2.75, 3.05) is 0 Å². The van der Waals surface area contributed by atoms with Crippen molar-refractivity contribution in [1.82, 2.24) is 14.6 Å². The fourth-order valence-electron chi connectivity index (χ4n) is 1.92. The molecule has 0 unspecified atom stereocenters. The number of aryl methyl sites for hydroxylation is 1. The highest BCUT2D eigenvalue weighted by Crippen LogP contribution is 2.18. The topological polar surface area (TPSA) is 30.2 Å². The molecule has 0 radical (unpaired) electrons. The maximum Gasteiger partial charge on any atom is 0.156 e. The van der Waals surface area contributed by atoms with Crippen molar-refractivity contribution < 1.29 is 0 Å². The van der Waals surface area contributed by atoms with E-state index in [0.717, 1.165) is 22.4 Å².